The molecule has 0 aliphatic carbocycles. The van der Waals surface area contributed by atoms with Gasteiger partial charge in [-0.1, -0.05) is 18.2 Å². The van der Waals surface area contributed by atoms with E-state index in [0.717, 1.165) is 30.9 Å². The lowest BCUT2D eigenvalue weighted by Gasteiger charge is -2.13. The van der Waals surface area contributed by atoms with Crippen molar-refractivity contribution in [3.63, 3.8) is 0 Å². The molecule has 0 unspecified atom stereocenters. The molecule has 0 atom stereocenters. The number of nitrogens with one attached hydrogen (secondary N) is 3. The van der Waals surface area contributed by atoms with Crippen molar-refractivity contribution >= 4 is 65.2 Å². The summed E-state index contributed by atoms with van der Waals surface area (Å²) in [5, 5.41) is 10.2. The number of benzene rings is 1. The minimum Gasteiger partial charge on any atom is -0.366 e. The number of rotatable bonds is 9. The van der Waals surface area contributed by atoms with Crippen LogP contribution in [0.3, 0.4) is 0 Å². The molecule has 168 valence electrons. The van der Waals surface area contributed by atoms with Gasteiger partial charge in [0, 0.05) is 51.6 Å². The van der Waals surface area contributed by atoms with Crippen molar-refractivity contribution in [3.8, 4) is 0 Å². The molecule has 3 aromatic heterocycles. The molecule has 0 saturated heterocycles. The fourth-order valence-corrected chi connectivity index (χ4v) is 3.87. The molecule has 9 heteroatoms. The predicted molar refractivity (Wildman–Crippen MR) is 144 cm³/mol. The van der Waals surface area contributed by atoms with Crippen LogP contribution in [0.15, 0.2) is 86.6 Å². The minimum atomic E-state index is 0.669. The monoisotopic (exact) mass is 630 g/mol. The lowest BCUT2D eigenvalue weighted by molar-refractivity contribution is 1.03. The van der Waals surface area contributed by atoms with E-state index in [1.807, 2.05) is 36.4 Å². The third kappa shape index (κ3) is 7.52. The number of pyridine rings is 3. The van der Waals surface area contributed by atoms with E-state index in [9.17, 15) is 0 Å². The fourth-order valence-electron chi connectivity index (χ4n) is 3.16. The van der Waals surface area contributed by atoms with Gasteiger partial charge in [0.25, 0.3) is 0 Å². The largest absolute Gasteiger partial charge is 0.366 e. The van der Waals surface area contributed by atoms with E-state index in [1.54, 1.807) is 18.6 Å². The van der Waals surface area contributed by atoms with Gasteiger partial charge in [0.1, 0.15) is 17.5 Å². The summed E-state index contributed by atoms with van der Waals surface area (Å²) in [6, 6.07) is 18.4. The van der Waals surface area contributed by atoms with Crippen molar-refractivity contribution in [2.24, 2.45) is 0 Å². The maximum absolute atomic E-state index is 4.40. The Labute approximate surface area is 218 Å². The molecule has 0 radical (unpaired) electrons. The van der Waals surface area contributed by atoms with E-state index < -0.39 is 0 Å². The van der Waals surface area contributed by atoms with Crippen molar-refractivity contribution in [2.45, 2.75) is 19.6 Å². The van der Waals surface area contributed by atoms with Gasteiger partial charge >= 0.3 is 0 Å². The molecule has 4 aromatic rings. The Balaban J connectivity index is 1.48. The number of hydrogen-bond donors (Lipinski definition) is 3. The van der Waals surface area contributed by atoms with Crippen LogP contribution in [0.2, 0.25) is 0 Å². The van der Waals surface area contributed by atoms with Crippen LogP contribution in [0.4, 0.5) is 17.5 Å². The third-order valence-electron chi connectivity index (χ3n) is 4.72. The summed E-state index contributed by atoms with van der Waals surface area (Å²) < 4.78 is 2.87. The summed E-state index contributed by atoms with van der Waals surface area (Å²) in [7, 11) is 0. The van der Waals surface area contributed by atoms with Gasteiger partial charge in [0.15, 0.2) is 0 Å². The molecule has 0 aliphatic rings. The Kier molecular flexibility index (Phi) is 8.30. The number of halogens is 3. The summed E-state index contributed by atoms with van der Waals surface area (Å²) in [4.78, 5) is 13.2. The fraction of sp³-hybridized carbons (Fsp3) is 0.125. The van der Waals surface area contributed by atoms with E-state index in [1.165, 1.54) is 16.7 Å². The Hall–Kier alpha value is -2.49. The first kappa shape index (κ1) is 23.7. The molecule has 33 heavy (non-hydrogen) atoms. The van der Waals surface area contributed by atoms with Gasteiger partial charge in [0.05, 0.1) is 0 Å². The van der Waals surface area contributed by atoms with Crippen molar-refractivity contribution in [2.75, 3.05) is 16.0 Å². The van der Waals surface area contributed by atoms with Gasteiger partial charge in [-0.3, -0.25) is 0 Å². The lowest BCUT2D eigenvalue weighted by Crippen LogP contribution is -2.08. The normalized spacial score (nSPS) is 10.6. The van der Waals surface area contributed by atoms with Gasteiger partial charge in [-0.2, -0.15) is 0 Å². The number of anilines is 3. The van der Waals surface area contributed by atoms with Crippen molar-refractivity contribution < 1.29 is 0 Å². The maximum Gasteiger partial charge on any atom is 0.126 e. The molecular weight excluding hydrogens is 612 g/mol. The first-order valence-corrected chi connectivity index (χ1v) is 12.6. The smallest absolute Gasteiger partial charge is 0.126 e. The van der Waals surface area contributed by atoms with E-state index >= 15 is 0 Å². The summed E-state index contributed by atoms with van der Waals surface area (Å²) in [6.07, 6.45) is 5.36. The second kappa shape index (κ2) is 11.6. The van der Waals surface area contributed by atoms with Crippen molar-refractivity contribution in [1.29, 1.82) is 0 Å². The van der Waals surface area contributed by atoms with Crippen molar-refractivity contribution in [3.05, 3.63) is 103 Å². The highest BCUT2D eigenvalue weighted by Gasteiger charge is 2.05. The number of aromatic nitrogens is 3. The molecule has 1 aromatic carbocycles. The standard InChI is InChI=1S/C24H21Br3N6/c25-19-1-4-22(31-13-19)28-10-16-7-17(11-29-23-5-2-20(26)14-32-23)9-18(8-16)12-30-24-6-3-21(27)15-33-24/h1-9,13-15H,10-12H2,(H,28,31)(H,29,32)(H,30,33). The van der Waals surface area contributed by atoms with Crippen LogP contribution in [0.5, 0.6) is 0 Å². The second-order valence-corrected chi connectivity index (χ2v) is 10.1. The quantitative estimate of drug-likeness (QED) is 0.185. The molecule has 0 fully saturated rings. The first-order valence-electron chi connectivity index (χ1n) is 10.2. The number of nitrogens with zero attached hydrogens (tertiary/aromatic N) is 3. The number of hydrogen-bond acceptors (Lipinski definition) is 6. The zero-order valence-corrected chi connectivity index (χ0v) is 22.3. The summed E-state index contributed by atoms with van der Waals surface area (Å²) in [5.74, 6) is 2.50. The minimum absolute atomic E-state index is 0.669. The Bertz CT molecular complexity index is 1020. The Morgan fingerprint density at radius 2 is 0.788 bits per heavy atom. The van der Waals surface area contributed by atoms with Crippen LogP contribution in [0.25, 0.3) is 0 Å². The van der Waals surface area contributed by atoms with Crippen LogP contribution in [0, 0.1) is 0 Å². The highest BCUT2D eigenvalue weighted by atomic mass is 79.9. The van der Waals surface area contributed by atoms with E-state index in [2.05, 4.69) is 96.9 Å². The Morgan fingerprint density at radius 3 is 1.03 bits per heavy atom. The molecule has 0 spiro atoms. The van der Waals surface area contributed by atoms with Gasteiger partial charge < -0.3 is 16.0 Å². The highest BCUT2D eigenvalue weighted by Crippen LogP contribution is 2.18. The highest BCUT2D eigenvalue weighted by molar-refractivity contribution is 9.11. The van der Waals surface area contributed by atoms with Gasteiger partial charge in [-0.15, -0.1) is 0 Å². The Morgan fingerprint density at radius 1 is 0.485 bits per heavy atom. The molecule has 0 bridgehead atoms. The molecule has 0 aliphatic heterocycles. The first-order chi connectivity index (χ1) is 16.0. The third-order valence-corrected chi connectivity index (χ3v) is 6.12. The van der Waals surface area contributed by atoms with Crippen LogP contribution in [0.1, 0.15) is 16.7 Å². The van der Waals surface area contributed by atoms with Crippen LogP contribution in [-0.4, -0.2) is 15.0 Å². The molecule has 0 saturated carbocycles. The van der Waals surface area contributed by atoms with E-state index in [4.69, 9.17) is 0 Å². The summed E-state index contributed by atoms with van der Waals surface area (Å²) in [5.41, 5.74) is 3.51. The molecule has 4 rings (SSSR count). The van der Waals surface area contributed by atoms with Crippen molar-refractivity contribution in [1.82, 2.24) is 15.0 Å². The lowest BCUT2D eigenvalue weighted by atomic mass is 10.0. The second-order valence-electron chi connectivity index (χ2n) is 7.30. The molecule has 3 N–H and O–H groups in total. The van der Waals surface area contributed by atoms with Crippen LogP contribution >= 0.6 is 47.8 Å². The summed E-state index contributed by atoms with van der Waals surface area (Å²) >= 11 is 10.3. The van der Waals surface area contributed by atoms with Gasteiger partial charge in [-0.05, 0) is 101 Å². The van der Waals surface area contributed by atoms with E-state index in [-0.39, 0.29) is 0 Å². The average Bonchev–Trinajstić information content (AvgIpc) is 2.83. The molecule has 0 amide bonds. The summed E-state index contributed by atoms with van der Waals surface area (Å²) in [6.45, 7) is 2.01. The molecular formula is C24H21Br3N6. The predicted octanol–water partition coefficient (Wildman–Crippen LogP) is 7.00. The SMILES string of the molecule is Brc1ccc(NCc2cc(CNc3ccc(Br)cn3)cc(CNc3ccc(Br)cn3)c2)nc1. The van der Waals surface area contributed by atoms with Crippen LogP contribution in [-0.2, 0) is 19.6 Å². The topological polar surface area (TPSA) is 74.8 Å². The van der Waals surface area contributed by atoms with Gasteiger partial charge in [-0.25, -0.2) is 15.0 Å². The zero-order valence-electron chi connectivity index (χ0n) is 17.5. The maximum atomic E-state index is 4.40. The average molecular weight is 633 g/mol. The zero-order chi connectivity index (χ0) is 23.0. The van der Waals surface area contributed by atoms with Crippen LogP contribution < -0.4 is 16.0 Å². The molecule has 6 nitrogen and oxygen atoms in total. The van der Waals surface area contributed by atoms with E-state index in [0.29, 0.717) is 19.6 Å². The van der Waals surface area contributed by atoms with Gasteiger partial charge in [0.2, 0.25) is 0 Å². The molecule has 3 heterocycles.